The van der Waals surface area contributed by atoms with Crippen molar-refractivity contribution in [3.63, 3.8) is 0 Å². The summed E-state index contributed by atoms with van der Waals surface area (Å²) >= 11 is 0. The number of esters is 1. The van der Waals surface area contributed by atoms with Crippen LogP contribution in [0.15, 0.2) is 48.7 Å². The standard InChI is InChI=1S/C18H18FNO4/c1-22-11-15(18(21)23-2)14-6-4-3-5-12(14)10-24-17-8-7-13(20)9-16(17)19/h3-9,11H,10,20H2,1-2H3. The van der Waals surface area contributed by atoms with Crippen molar-refractivity contribution in [1.82, 2.24) is 0 Å². The summed E-state index contributed by atoms with van der Waals surface area (Å²) in [6.07, 6.45) is 1.30. The summed E-state index contributed by atoms with van der Waals surface area (Å²) in [6, 6.07) is 11.3. The number of carbonyl (C=O) groups is 1. The summed E-state index contributed by atoms with van der Waals surface area (Å²) < 4.78 is 29.0. The van der Waals surface area contributed by atoms with Crippen LogP contribution in [-0.4, -0.2) is 20.2 Å². The molecule has 0 aromatic heterocycles. The molecule has 0 saturated heterocycles. The van der Waals surface area contributed by atoms with Gasteiger partial charge in [-0.05, 0) is 23.3 Å². The first-order valence-electron chi connectivity index (χ1n) is 7.14. The molecule has 2 aromatic carbocycles. The number of hydrogen-bond donors (Lipinski definition) is 1. The van der Waals surface area contributed by atoms with Crippen LogP contribution in [0.4, 0.5) is 10.1 Å². The maximum atomic E-state index is 13.8. The van der Waals surface area contributed by atoms with Gasteiger partial charge in [-0.3, -0.25) is 0 Å². The summed E-state index contributed by atoms with van der Waals surface area (Å²) in [7, 11) is 2.72. The van der Waals surface area contributed by atoms with Crippen molar-refractivity contribution in [3.8, 4) is 5.75 Å². The second-order valence-corrected chi connectivity index (χ2v) is 4.89. The number of rotatable bonds is 6. The Labute approximate surface area is 139 Å². The summed E-state index contributed by atoms with van der Waals surface area (Å²) in [4.78, 5) is 11.9. The fraction of sp³-hybridized carbons (Fsp3) is 0.167. The average Bonchev–Trinajstić information content (AvgIpc) is 2.59. The van der Waals surface area contributed by atoms with Crippen molar-refractivity contribution in [2.45, 2.75) is 6.61 Å². The average molecular weight is 331 g/mol. The minimum absolute atomic E-state index is 0.0645. The Bertz CT molecular complexity index is 758. The summed E-state index contributed by atoms with van der Waals surface area (Å²) in [5.41, 5.74) is 7.34. The van der Waals surface area contributed by atoms with E-state index in [1.807, 2.05) is 0 Å². The number of ether oxygens (including phenoxy) is 3. The third-order valence-corrected chi connectivity index (χ3v) is 3.29. The number of nitrogen functional groups attached to an aromatic ring is 1. The van der Waals surface area contributed by atoms with E-state index in [2.05, 4.69) is 0 Å². The number of anilines is 1. The van der Waals surface area contributed by atoms with Crippen LogP contribution in [0.3, 0.4) is 0 Å². The van der Waals surface area contributed by atoms with E-state index in [9.17, 15) is 9.18 Å². The molecular weight excluding hydrogens is 313 g/mol. The minimum atomic E-state index is -0.548. The fourth-order valence-electron chi connectivity index (χ4n) is 2.15. The molecule has 0 aliphatic carbocycles. The van der Waals surface area contributed by atoms with E-state index < -0.39 is 11.8 Å². The zero-order valence-corrected chi connectivity index (χ0v) is 13.4. The highest BCUT2D eigenvalue weighted by Gasteiger charge is 2.17. The largest absolute Gasteiger partial charge is 0.503 e. The predicted octanol–water partition coefficient (Wildman–Crippen LogP) is 3.15. The van der Waals surface area contributed by atoms with Gasteiger partial charge in [0.25, 0.3) is 0 Å². The van der Waals surface area contributed by atoms with Crippen LogP contribution in [0.2, 0.25) is 0 Å². The van der Waals surface area contributed by atoms with Gasteiger partial charge in [0.2, 0.25) is 0 Å². The first kappa shape index (κ1) is 17.3. The monoisotopic (exact) mass is 331 g/mol. The Morgan fingerprint density at radius 2 is 1.96 bits per heavy atom. The molecule has 2 N–H and O–H groups in total. The molecule has 0 atom stereocenters. The minimum Gasteiger partial charge on any atom is -0.503 e. The Kier molecular flexibility index (Phi) is 5.78. The van der Waals surface area contributed by atoms with Crippen LogP contribution in [-0.2, 0) is 20.9 Å². The van der Waals surface area contributed by atoms with Crippen molar-refractivity contribution in [2.75, 3.05) is 20.0 Å². The lowest BCUT2D eigenvalue weighted by molar-refractivity contribution is -0.133. The van der Waals surface area contributed by atoms with Gasteiger partial charge >= 0.3 is 5.97 Å². The molecule has 2 aromatic rings. The number of benzene rings is 2. The second kappa shape index (κ2) is 8.01. The Hall–Kier alpha value is -3.02. The Morgan fingerprint density at radius 3 is 2.62 bits per heavy atom. The molecule has 5 nitrogen and oxygen atoms in total. The van der Waals surface area contributed by atoms with Crippen LogP contribution in [0, 0.1) is 5.82 Å². The van der Waals surface area contributed by atoms with Gasteiger partial charge in [-0.25, -0.2) is 9.18 Å². The van der Waals surface area contributed by atoms with Crippen molar-refractivity contribution in [2.24, 2.45) is 0 Å². The van der Waals surface area contributed by atoms with E-state index in [0.29, 0.717) is 16.8 Å². The molecule has 0 bridgehead atoms. The summed E-state index contributed by atoms with van der Waals surface area (Å²) in [5.74, 6) is -1.01. The molecule has 2 rings (SSSR count). The maximum Gasteiger partial charge on any atom is 0.341 e. The van der Waals surface area contributed by atoms with Crippen LogP contribution in [0.25, 0.3) is 5.57 Å². The molecule has 0 amide bonds. The van der Waals surface area contributed by atoms with E-state index in [1.165, 1.54) is 32.6 Å². The first-order valence-corrected chi connectivity index (χ1v) is 7.14. The Morgan fingerprint density at radius 1 is 1.21 bits per heavy atom. The first-order chi connectivity index (χ1) is 11.6. The number of halogens is 1. The number of methoxy groups -OCH3 is 2. The Balaban J connectivity index is 2.28. The lowest BCUT2D eigenvalue weighted by atomic mass is 10.0. The second-order valence-electron chi connectivity index (χ2n) is 4.89. The van der Waals surface area contributed by atoms with Gasteiger partial charge in [0, 0.05) is 11.8 Å². The molecule has 0 aliphatic rings. The quantitative estimate of drug-likeness (QED) is 0.381. The van der Waals surface area contributed by atoms with Gasteiger partial charge < -0.3 is 19.9 Å². The molecule has 0 aliphatic heterocycles. The molecule has 6 heteroatoms. The van der Waals surface area contributed by atoms with E-state index in [0.717, 1.165) is 0 Å². The van der Waals surface area contributed by atoms with Crippen molar-refractivity contribution >= 4 is 17.2 Å². The smallest absolute Gasteiger partial charge is 0.341 e. The summed E-state index contributed by atoms with van der Waals surface area (Å²) in [5, 5.41) is 0. The van der Waals surface area contributed by atoms with Crippen molar-refractivity contribution in [3.05, 3.63) is 65.7 Å². The van der Waals surface area contributed by atoms with E-state index in [4.69, 9.17) is 19.9 Å². The third-order valence-electron chi connectivity index (χ3n) is 3.29. The molecule has 24 heavy (non-hydrogen) atoms. The highest BCUT2D eigenvalue weighted by molar-refractivity contribution is 6.16. The molecule has 0 saturated carbocycles. The van der Waals surface area contributed by atoms with Crippen LogP contribution in [0.1, 0.15) is 11.1 Å². The number of nitrogens with two attached hydrogens (primary N) is 1. The molecule has 0 fully saturated rings. The van der Waals surface area contributed by atoms with Crippen LogP contribution >= 0.6 is 0 Å². The van der Waals surface area contributed by atoms with Gasteiger partial charge in [0.1, 0.15) is 12.2 Å². The lowest BCUT2D eigenvalue weighted by Crippen LogP contribution is -2.08. The molecular formula is C18H18FNO4. The molecule has 0 radical (unpaired) electrons. The normalized spacial score (nSPS) is 11.0. The molecule has 126 valence electrons. The van der Waals surface area contributed by atoms with Crippen LogP contribution < -0.4 is 10.5 Å². The van der Waals surface area contributed by atoms with E-state index in [1.54, 1.807) is 30.3 Å². The SMILES string of the molecule is COC=C(C(=O)OC)c1ccccc1COc1ccc(N)cc1F. The number of hydrogen-bond acceptors (Lipinski definition) is 5. The topological polar surface area (TPSA) is 70.8 Å². The van der Waals surface area contributed by atoms with Gasteiger partial charge in [0.15, 0.2) is 11.6 Å². The maximum absolute atomic E-state index is 13.8. The van der Waals surface area contributed by atoms with Crippen LogP contribution in [0.5, 0.6) is 5.75 Å². The zero-order chi connectivity index (χ0) is 17.5. The van der Waals surface area contributed by atoms with Crippen molar-refractivity contribution < 1.29 is 23.4 Å². The van der Waals surface area contributed by atoms with E-state index >= 15 is 0 Å². The molecule has 0 heterocycles. The zero-order valence-electron chi connectivity index (χ0n) is 13.4. The lowest BCUT2D eigenvalue weighted by Gasteiger charge is -2.13. The van der Waals surface area contributed by atoms with Gasteiger partial charge in [-0.15, -0.1) is 0 Å². The van der Waals surface area contributed by atoms with Gasteiger partial charge in [-0.1, -0.05) is 24.3 Å². The number of carbonyl (C=O) groups excluding carboxylic acids is 1. The van der Waals surface area contributed by atoms with Gasteiger partial charge in [0.05, 0.1) is 20.5 Å². The molecule has 0 unspecified atom stereocenters. The predicted molar refractivity (Wildman–Crippen MR) is 88.6 cm³/mol. The highest BCUT2D eigenvalue weighted by Crippen LogP contribution is 2.24. The van der Waals surface area contributed by atoms with E-state index in [-0.39, 0.29) is 17.9 Å². The third kappa shape index (κ3) is 4.04. The van der Waals surface area contributed by atoms with Gasteiger partial charge in [-0.2, -0.15) is 0 Å². The summed E-state index contributed by atoms with van der Waals surface area (Å²) in [6.45, 7) is 0.0645. The molecule has 0 spiro atoms. The highest BCUT2D eigenvalue weighted by atomic mass is 19.1. The fourth-order valence-corrected chi connectivity index (χ4v) is 2.15. The van der Waals surface area contributed by atoms with Crippen molar-refractivity contribution in [1.29, 1.82) is 0 Å².